The Morgan fingerprint density at radius 2 is 1.94 bits per heavy atom. The van der Waals surface area contributed by atoms with Crippen molar-refractivity contribution < 1.29 is 28.3 Å². The summed E-state index contributed by atoms with van der Waals surface area (Å²) in [5, 5.41) is 8.32. The van der Waals surface area contributed by atoms with Crippen molar-refractivity contribution in [3.63, 3.8) is 0 Å². The maximum Gasteiger partial charge on any atom is 0.332 e. The molecule has 6 nitrogen and oxygen atoms in total. The highest BCUT2D eigenvalue weighted by molar-refractivity contribution is 7.41. The summed E-state index contributed by atoms with van der Waals surface area (Å²) in [5.74, 6) is -1.04. The minimum atomic E-state index is -1.43. The SMILES string of the molecule is COP(OC)OCC(=O)CCC/C=C/C(=O)O. The first-order valence-electron chi connectivity index (χ1n) is 5.02. The van der Waals surface area contributed by atoms with Gasteiger partial charge in [0.05, 0.1) is 0 Å². The van der Waals surface area contributed by atoms with E-state index in [2.05, 4.69) is 0 Å². The van der Waals surface area contributed by atoms with Gasteiger partial charge in [-0.05, 0) is 12.8 Å². The number of hydrogen-bond donors (Lipinski definition) is 1. The fraction of sp³-hybridized carbons (Fsp3) is 0.600. The third kappa shape index (κ3) is 10.1. The molecule has 17 heavy (non-hydrogen) atoms. The lowest BCUT2D eigenvalue weighted by Crippen LogP contribution is -2.06. The van der Waals surface area contributed by atoms with Crippen molar-refractivity contribution in [2.24, 2.45) is 0 Å². The number of carbonyl (C=O) groups excluding carboxylic acids is 1. The van der Waals surface area contributed by atoms with Crippen LogP contribution in [0, 0.1) is 0 Å². The molecule has 0 aliphatic heterocycles. The van der Waals surface area contributed by atoms with Gasteiger partial charge in [0.25, 0.3) is 0 Å². The van der Waals surface area contributed by atoms with Crippen LogP contribution >= 0.6 is 8.60 Å². The second kappa shape index (κ2) is 10.4. The number of hydrogen-bond acceptors (Lipinski definition) is 5. The second-order valence-electron chi connectivity index (χ2n) is 3.03. The highest BCUT2D eigenvalue weighted by Gasteiger charge is 2.10. The molecule has 0 rings (SSSR count). The summed E-state index contributed by atoms with van der Waals surface area (Å²) in [4.78, 5) is 21.5. The number of aliphatic carboxylic acids is 1. The molecule has 0 heterocycles. The monoisotopic (exact) mass is 264 g/mol. The van der Waals surface area contributed by atoms with Crippen molar-refractivity contribution in [3.05, 3.63) is 12.2 Å². The van der Waals surface area contributed by atoms with E-state index in [1.807, 2.05) is 0 Å². The quantitative estimate of drug-likeness (QED) is 0.368. The molecule has 0 aliphatic carbocycles. The van der Waals surface area contributed by atoms with Crippen LogP contribution in [0.4, 0.5) is 0 Å². The van der Waals surface area contributed by atoms with E-state index in [-0.39, 0.29) is 12.4 Å². The molecule has 0 aromatic heterocycles. The summed E-state index contributed by atoms with van der Waals surface area (Å²) in [6, 6.07) is 0. The first-order chi connectivity index (χ1) is 8.10. The Morgan fingerprint density at radius 3 is 2.47 bits per heavy atom. The molecule has 0 amide bonds. The van der Waals surface area contributed by atoms with Crippen molar-refractivity contribution >= 4 is 20.4 Å². The van der Waals surface area contributed by atoms with Gasteiger partial charge in [-0.25, -0.2) is 4.79 Å². The molecular weight excluding hydrogens is 247 g/mol. The zero-order valence-corrected chi connectivity index (χ0v) is 10.8. The van der Waals surface area contributed by atoms with Crippen molar-refractivity contribution in [3.8, 4) is 0 Å². The molecule has 7 heteroatoms. The van der Waals surface area contributed by atoms with Crippen LogP contribution in [0.25, 0.3) is 0 Å². The summed E-state index contributed by atoms with van der Waals surface area (Å²) < 4.78 is 14.7. The van der Waals surface area contributed by atoms with Crippen LogP contribution in [0.2, 0.25) is 0 Å². The molecule has 0 atom stereocenters. The maximum atomic E-state index is 11.3. The van der Waals surface area contributed by atoms with E-state index in [9.17, 15) is 9.59 Å². The Bertz CT molecular complexity index is 262. The Labute approximate surface area is 102 Å². The standard InChI is InChI=1S/C10H17O6P/c1-14-17(15-2)16-8-9(11)6-4-3-5-7-10(12)13/h5,7H,3-4,6,8H2,1-2H3,(H,12,13)/b7-5+. The largest absolute Gasteiger partial charge is 0.478 e. The topological polar surface area (TPSA) is 82.1 Å². The normalized spacial score (nSPS) is 11.2. The Morgan fingerprint density at radius 1 is 1.29 bits per heavy atom. The fourth-order valence-electron chi connectivity index (χ4n) is 0.978. The lowest BCUT2D eigenvalue weighted by molar-refractivity contribution is -0.131. The fourth-order valence-corrected chi connectivity index (χ4v) is 1.59. The summed E-state index contributed by atoms with van der Waals surface area (Å²) in [7, 11) is 1.45. The maximum absolute atomic E-state index is 11.3. The van der Waals surface area contributed by atoms with Crippen molar-refractivity contribution in [2.75, 3.05) is 20.8 Å². The Balaban J connectivity index is 3.56. The number of ketones is 1. The molecule has 0 bridgehead atoms. The van der Waals surface area contributed by atoms with E-state index < -0.39 is 14.6 Å². The van der Waals surface area contributed by atoms with E-state index >= 15 is 0 Å². The molecule has 1 N–H and O–H groups in total. The molecule has 0 aromatic rings. The number of rotatable bonds is 10. The van der Waals surface area contributed by atoms with Gasteiger partial charge >= 0.3 is 14.6 Å². The summed E-state index contributed by atoms with van der Waals surface area (Å²) in [6.07, 6.45) is 4.09. The summed E-state index contributed by atoms with van der Waals surface area (Å²) >= 11 is 0. The Kier molecular flexibility index (Phi) is 9.86. The first-order valence-corrected chi connectivity index (χ1v) is 6.12. The van der Waals surface area contributed by atoms with Crippen LogP contribution in [-0.2, 0) is 23.2 Å². The second-order valence-corrected chi connectivity index (χ2v) is 4.47. The molecule has 0 spiro atoms. The van der Waals surface area contributed by atoms with Crippen LogP contribution in [0.15, 0.2) is 12.2 Å². The third-order valence-corrected chi connectivity index (χ3v) is 2.65. The van der Waals surface area contributed by atoms with Crippen LogP contribution in [-0.4, -0.2) is 37.7 Å². The predicted molar refractivity (Wildman–Crippen MR) is 62.5 cm³/mol. The zero-order valence-electron chi connectivity index (χ0n) is 9.92. The van der Waals surface area contributed by atoms with Gasteiger partial charge in [0.15, 0.2) is 5.78 Å². The van der Waals surface area contributed by atoms with Gasteiger partial charge in [-0.2, -0.15) is 0 Å². The lowest BCUT2D eigenvalue weighted by Gasteiger charge is -2.10. The van der Waals surface area contributed by atoms with Gasteiger partial charge < -0.3 is 18.7 Å². The van der Waals surface area contributed by atoms with Gasteiger partial charge in [0, 0.05) is 26.7 Å². The molecule has 0 saturated carbocycles. The molecule has 0 radical (unpaired) electrons. The van der Waals surface area contributed by atoms with Gasteiger partial charge in [0.2, 0.25) is 0 Å². The van der Waals surface area contributed by atoms with Crippen molar-refractivity contribution in [1.82, 2.24) is 0 Å². The number of carbonyl (C=O) groups is 2. The van der Waals surface area contributed by atoms with Gasteiger partial charge in [-0.1, -0.05) is 6.08 Å². The minimum Gasteiger partial charge on any atom is -0.478 e. The van der Waals surface area contributed by atoms with E-state index in [1.165, 1.54) is 20.3 Å². The first kappa shape index (κ1) is 16.2. The smallest absolute Gasteiger partial charge is 0.332 e. The van der Waals surface area contributed by atoms with Gasteiger partial charge in [-0.3, -0.25) is 4.79 Å². The van der Waals surface area contributed by atoms with Crippen molar-refractivity contribution in [1.29, 1.82) is 0 Å². The van der Waals surface area contributed by atoms with E-state index in [0.717, 1.165) is 6.08 Å². The highest BCUT2D eigenvalue weighted by atomic mass is 31.2. The van der Waals surface area contributed by atoms with E-state index in [4.69, 9.17) is 18.7 Å². The molecule has 0 saturated heterocycles. The highest BCUT2D eigenvalue weighted by Crippen LogP contribution is 2.36. The average molecular weight is 264 g/mol. The average Bonchev–Trinajstić information content (AvgIpc) is 2.29. The van der Waals surface area contributed by atoms with E-state index in [1.54, 1.807) is 0 Å². The zero-order chi connectivity index (χ0) is 13.1. The third-order valence-electron chi connectivity index (χ3n) is 1.72. The minimum absolute atomic E-state index is 0.0456. The molecule has 0 unspecified atom stereocenters. The van der Waals surface area contributed by atoms with E-state index in [0.29, 0.717) is 19.3 Å². The van der Waals surface area contributed by atoms with Crippen LogP contribution in [0.1, 0.15) is 19.3 Å². The number of carboxylic acids is 1. The predicted octanol–water partition coefficient (Wildman–Crippen LogP) is 1.90. The molecule has 0 fully saturated rings. The number of carboxylic acid groups (broad SMARTS) is 1. The lowest BCUT2D eigenvalue weighted by atomic mass is 10.2. The summed E-state index contributed by atoms with van der Waals surface area (Å²) in [6.45, 7) is -0.0456. The van der Waals surface area contributed by atoms with Gasteiger partial charge in [-0.15, -0.1) is 0 Å². The number of Topliss-reactive ketones (excluding diaryl/α,β-unsaturated/α-hetero) is 1. The van der Waals surface area contributed by atoms with Crippen molar-refractivity contribution in [2.45, 2.75) is 19.3 Å². The molecular formula is C10H17O6P. The molecule has 0 aliphatic rings. The molecule has 0 aromatic carbocycles. The molecule has 98 valence electrons. The number of unbranched alkanes of at least 4 members (excludes halogenated alkanes) is 1. The summed E-state index contributed by atoms with van der Waals surface area (Å²) in [5.41, 5.74) is 0. The van der Waals surface area contributed by atoms with Crippen LogP contribution in [0.5, 0.6) is 0 Å². The van der Waals surface area contributed by atoms with Gasteiger partial charge in [0.1, 0.15) is 6.61 Å². The van der Waals surface area contributed by atoms with Crippen LogP contribution in [0.3, 0.4) is 0 Å². The Hall–Kier alpha value is -0.810. The number of allylic oxidation sites excluding steroid dienone is 1. The van der Waals surface area contributed by atoms with Crippen LogP contribution < -0.4 is 0 Å².